The van der Waals surface area contributed by atoms with Crippen molar-refractivity contribution in [3.05, 3.63) is 60.2 Å². The van der Waals surface area contributed by atoms with Crippen molar-refractivity contribution >= 4 is 21.8 Å². The highest BCUT2D eigenvalue weighted by atomic mass is 19.4. The molecule has 5 nitrogen and oxygen atoms in total. The van der Waals surface area contributed by atoms with E-state index in [0.717, 1.165) is 54.1 Å². The molecule has 4 aromatic rings. The predicted molar refractivity (Wildman–Crippen MR) is 127 cm³/mol. The topological polar surface area (TPSA) is 37.2 Å². The largest absolute Gasteiger partial charge is 0.419 e. The van der Waals surface area contributed by atoms with E-state index >= 15 is 0 Å². The van der Waals surface area contributed by atoms with E-state index in [1.54, 1.807) is 12.4 Å². The number of aromatic nitrogens is 3. The Labute approximate surface area is 195 Å². The molecule has 4 heterocycles. The third-order valence-electron chi connectivity index (χ3n) is 6.44. The lowest BCUT2D eigenvalue weighted by atomic mass is 10.0. The van der Waals surface area contributed by atoms with Crippen LogP contribution in [0, 0.1) is 11.8 Å². The number of likely N-dealkylation sites (N-methyl/N-ethyl adjacent to an activating group) is 1. The number of benzene rings is 1. The van der Waals surface area contributed by atoms with Crippen molar-refractivity contribution < 1.29 is 13.2 Å². The van der Waals surface area contributed by atoms with Crippen molar-refractivity contribution in [2.75, 3.05) is 39.8 Å². The Morgan fingerprint density at radius 2 is 1.71 bits per heavy atom. The number of pyridine rings is 2. The summed E-state index contributed by atoms with van der Waals surface area (Å²) in [6.07, 6.45) is 0.457. The molecule has 0 spiro atoms. The maximum absolute atomic E-state index is 13.9. The summed E-state index contributed by atoms with van der Waals surface area (Å²) < 4.78 is 43.7. The molecular weight excluding hydrogens is 439 g/mol. The number of rotatable bonds is 2. The van der Waals surface area contributed by atoms with E-state index in [4.69, 9.17) is 0 Å². The summed E-state index contributed by atoms with van der Waals surface area (Å²) >= 11 is 0. The number of hydrogen-bond donors (Lipinski definition) is 0. The molecule has 8 heteroatoms. The molecule has 0 saturated carbocycles. The number of halogens is 3. The molecule has 34 heavy (non-hydrogen) atoms. The second-order valence-electron chi connectivity index (χ2n) is 8.68. The smallest absolute Gasteiger partial charge is 0.343 e. The Morgan fingerprint density at radius 1 is 0.912 bits per heavy atom. The molecule has 0 bridgehead atoms. The van der Waals surface area contributed by atoms with Gasteiger partial charge in [0.2, 0.25) is 0 Å². The minimum absolute atomic E-state index is 0.234. The van der Waals surface area contributed by atoms with Gasteiger partial charge in [-0.05, 0) is 36.7 Å². The minimum atomic E-state index is -4.55. The summed E-state index contributed by atoms with van der Waals surface area (Å²) in [7, 11) is 3.99. The van der Waals surface area contributed by atoms with Crippen LogP contribution in [0.3, 0.4) is 0 Å². The van der Waals surface area contributed by atoms with Gasteiger partial charge in [-0.3, -0.25) is 9.88 Å². The van der Waals surface area contributed by atoms with Crippen molar-refractivity contribution in [3.63, 3.8) is 0 Å². The maximum atomic E-state index is 13.9. The lowest BCUT2D eigenvalue weighted by Gasteiger charge is -2.30. The van der Waals surface area contributed by atoms with Crippen molar-refractivity contribution in [1.29, 1.82) is 0 Å². The van der Waals surface area contributed by atoms with Crippen LogP contribution >= 0.6 is 0 Å². The Hall–Kier alpha value is -3.41. The van der Waals surface area contributed by atoms with E-state index in [-0.39, 0.29) is 5.69 Å². The highest BCUT2D eigenvalue weighted by molar-refractivity contribution is 6.08. The lowest BCUT2D eigenvalue weighted by Crippen LogP contribution is -2.44. The number of piperazine rings is 1. The number of alkyl halides is 3. The van der Waals surface area contributed by atoms with Gasteiger partial charge < -0.3 is 9.47 Å². The first-order valence-corrected chi connectivity index (χ1v) is 11.1. The molecule has 1 aliphatic heterocycles. The van der Waals surface area contributed by atoms with Crippen LogP contribution in [0.1, 0.15) is 11.3 Å². The van der Waals surface area contributed by atoms with Crippen molar-refractivity contribution in [2.24, 2.45) is 7.05 Å². The first kappa shape index (κ1) is 22.4. The molecule has 1 fully saturated rings. The highest BCUT2D eigenvalue weighted by Crippen LogP contribution is 2.35. The first-order valence-electron chi connectivity index (χ1n) is 11.1. The average Bonchev–Trinajstić information content (AvgIpc) is 3.11. The van der Waals surface area contributed by atoms with Crippen LogP contribution in [-0.4, -0.2) is 64.1 Å². The van der Waals surface area contributed by atoms with Gasteiger partial charge in [0.1, 0.15) is 5.69 Å². The first-order chi connectivity index (χ1) is 16.3. The molecular formula is C26H24F3N5. The van der Waals surface area contributed by atoms with Crippen molar-refractivity contribution in [3.8, 4) is 23.0 Å². The van der Waals surface area contributed by atoms with Crippen molar-refractivity contribution in [1.82, 2.24) is 24.3 Å². The van der Waals surface area contributed by atoms with Gasteiger partial charge in [-0.2, -0.15) is 13.2 Å². The maximum Gasteiger partial charge on any atom is 0.419 e. The highest BCUT2D eigenvalue weighted by Gasteiger charge is 2.34. The summed E-state index contributed by atoms with van der Waals surface area (Å²) in [5, 5.41) is 2.01. The second kappa shape index (κ2) is 8.75. The standard InChI is InChI=1S/C26H24F3N5/c1-32-10-12-34(13-11-32)9-3-4-23-22(26(27,28)29)14-19(16-31-23)18-5-6-20-21-17-30-8-7-24(21)33(2)25(20)15-18/h5-8,14-17H,9-13H2,1-2H3. The van der Waals surface area contributed by atoms with Crippen LogP contribution in [0.2, 0.25) is 0 Å². The average molecular weight is 464 g/mol. The molecule has 3 aromatic heterocycles. The monoisotopic (exact) mass is 463 g/mol. The van der Waals surface area contributed by atoms with Gasteiger partial charge in [0.25, 0.3) is 0 Å². The molecule has 0 N–H and O–H groups in total. The number of nitrogens with zero attached hydrogens (tertiary/aromatic N) is 5. The molecule has 0 unspecified atom stereocenters. The number of fused-ring (bicyclic) bond motifs is 3. The lowest BCUT2D eigenvalue weighted by molar-refractivity contribution is -0.138. The van der Waals surface area contributed by atoms with Crippen LogP contribution in [-0.2, 0) is 13.2 Å². The fraction of sp³-hybridized carbons (Fsp3) is 0.308. The summed E-state index contributed by atoms with van der Waals surface area (Å²) in [4.78, 5) is 12.7. The van der Waals surface area contributed by atoms with Gasteiger partial charge in [-0.15, -0.1) is 0 Å². The summed E-state index contributed by atoms with van der Waals surface area (Å²) in [6.45, 7) is 4.01. The number of aryl methyl sites for hydroxylation is 1. The van der Waals surface area contributed by atoms with Gasteiger partial charge in [0.15, 0.2) is 0 Å². The zero-order valence-corrected chi connectivity index (χ0v) is 19.0. The molecule has 5 rings (SSSR count). The van der Waals surface area contributed by atoms with Crippen LogP contribution in [0.5, 0.6) is 0 Å². The molecule has 174 valence electrons. The Morgan fingerprint density at radius 3 is 2.47 bits per heavy atom. The molecule has 1 aromatic carbocycles. The second-order valence-corrected chi connectivity index (χ2v) is 8.68. The molecule has 1 aliphatic rings. The van der Waals surface area contributed by atoms with E-state index in [1.165, 1.54) is 6.20 Å². The minimum Gasteiger partial charge on any atom is -0.343 e. The van der Waals surface area contributed by atoms with Crippen LogP contribution in [0.4, 0.5) is 13.2 Å². The van der Waals surface area contributed by atoms with Gasteiger partial charge in [-0.1, -0.05) is 18.1 Å². The molecule has 0 atom stereocenters. The van der Waals surface area contributed by atoms with Crippen molar-refractivity contribution in [2.45, 2.75) is 6.18 Å². The van der Waals surface area contributed by atoms with Gasteiger partial charge in [0, 0.05) is 73.7 Å². The van der Waals surface area contributed by atoms with E-state index in [9.17, 15) is 13.2 Å². The molecule has 0 amide bonds. The molecule has 1 saturated heterocycles. The van der Waals surface area contributed by atoms with E-state index in [0.29, 0.717) is 17.7 Å². The third kappa shape index (κ3) is 4.25. The zero-order valence-electron chi connectivity index (χ0n) is 19.0. The predicted octanol–water partition coefficient (Wildman–Crippen LogP) is 4.41. The normalized spacial score (nSPS) is 15.6. The van der Waals surface area contributed by atoms with E-state index in [2.05, 4.69) is 38.7 Å². The summed E-state index contributed by atoms with van der Waals surface area (Å²) in [5.74, 6) is 5.56. The fourth-order valence-electron chi connectivity index (χ4n) is 4.41. The molecule has 0 aliphatic carbocycles. The van der Waals surface area contributed by atoms with Crippen LogP contribution in [0.25, 0.3) is 32.9 Å². The Balaban J connectivity index is 1.49. The van der Waals surface area contributed by atoms with Crippen LogP contribution in [0.15, 0.2) is 48.9 Å². The van der Waals surface area contributed by atoms with Crippen LogP contribution < -0.4 is 0 Å². The SMILES string of the molecule is CN1CCN(CC#Cc2ncc(-c3ccc4c5cnccc5n(C)c4c3)cc2C(F)(F)F)CC1. The van der Waals surface area contributed by atoms with E-state index < -0.39 is 11.7 Å². The fourth-order valence-corrected chi connectivity index (χ4v) is 4.41. The summed E-state index contributed by atoms with van der Waals surface area (Å²) in [5.41, 5.74) is 1.97. The zero-order chi connectivity index (χ0) is 23.9. The summed E-state index contributed by atoms with van der Waals surface area (Å²) in [6, 6.07) is 8.72. The Bertz CT molecular complexity index is 1420. The Kier molecular flexibility index (Phi) is 5.76. The quantitative estimate of drug-likeness (QED) is 0.413. The van der Waals surface area contributed by atoms with E-state index in [1.807, 2.05) is 35.9 Å². The molecule has 0 radical (unpaired) electrons. The third-order valence-corrected chi connectivity index (χ3v) is 6.44. The van der Waals surface area contributed by atoms with Gasteiger partial charge >= 0.3 is 6.18 Å². The van der Waals surface area contributed by atoms with Gasteiger partial charge in [0.05, 0.1) is 17.6 Å². The number of hydrogen-bond acceptors (Lipinski definition) is 4. The van der Waals surface area contributed by atoms with Gasteiger partial charge in [-0.25, -0.2) is 4.98 Å².